The fourth-order valence-corrected chi connectivity index (χ4v) is 5.43. The number of halogens is 1. The lowest BCUT2D eigenvalue weighted by atomic mass is 9.91. The Kier molecular flexibility index (Phi) is 7.76. The first kappa shape index (κ1) is 29.2. The zero-order valence-corrected chi connectivity index (χ0v) is 24.7. The van der Waals surface area contributed by atoms with Crippen molar-refractivity contribution in [1.82, 2.24) is 19.5 Å². The van der Waals surface area contributed by atoms with Gasteiger partial charge in [0.15, 0.2) is 29.0 Å². The molecule has 220 valence electrons. The summed E-state index contributed by atoms with van der Waals surface area (Å²) in [6.07, 6.45) is -0.0914. The Balaban J connectivity index is 1.74. The van der Waals surface area contributed by atoms with Gasteiger partial charge in [-0.25, -0.2) is 18.7 Å². The van der Waals surface area contributed by atoms with Gasteiger partial charge in [-0.15, -0.1) is 0 Å². The Hall–Kier alpha value is -4.31. The largest absolute Gasteiger partial charge is 0.490 e. The van der Waals surface area contributed by atoms with Crippen molar-refractivity contribution in [3.8, 4) is 17.0 Å². The van der Waals surface area contributed by atoms with Gasteiger partial charge in [-0.3, -0.25) is 4.79 Å². The van der Waals surface area contributed by atoms with Gasteiger partial charge in [-0.1, -0.05) is 30.3 Å². The maximum Gasteiger partial charge on any atom is 0.337 e. The third kappa shape index (κ3) is 5.59. The molecule has 3 heterocycles. The van der Waals surface area contributed by atoms with E-state index in [9.17, 15) is 14.7 Å². The van der Waals surface area contributed by atoms with Crippen LogP contribution in [0.3, 0.4) is 0 Å². The van der Waals surface area contributed by atoms with E-state index in [1.165, 1.54) is 10.6 Å². The lowest BCUT2D eigenvalue weighted by Gasteiger charge is -2.28. The standard InChI is InChI=1S/C32H35FN4O5/c1-18-21-13-10-14-41-28(21)23(33)15-22(18)27-26(29(31(39)40)42-32(3,4)5)19(2)34-25-16-24(35-37(25)27)30(38)36(6)17-20-11-8-7-9-12-20/h7-9,11-12,15-16,29H,10,13-14,17H2,1-6H3,(H,39,40)/t29-/m0/s1. The van der Waals surface area contributed by atoms with Crippen LogP contribution in [0, 0.1) is 19.7 Å². The number of fused-ring (bicyclic) bond motifs is 2. The molecular formula is C32H35FN4O5. The summed E-state index contributed by atoms with van der Waals surface area (Å²) in [5.74, 6) is -1.89. The number of nitrogens with zero attached hydrogens (tertiary/aromatic N) is 4. The third-order valence-corrected chi connectivity index (χ3v) is 7.31. The molecule has 10 heteroatoms. The molecule has 1 aliphatic rings. The summed E-state index contributed by atoms with van der Waals surface area (Å²) in [7, 11) is 1.69. The number of rotatable bonds is 7. The van der Waals surface area contributed by atoms with Crippen molar-refractivity contribution in [2.75, 3.05) is 13.7 Å². The van der Waals surface area contributed by atoms with E-state index in [1.807, 2.05) is 37.3 Å². The molecule has 0 unspecified atom stereocenters. The molecule has 0 saturated carbocycles. The second-order valence-electron chi connectivity index (χ2n) is 11.6. The first-order valence-electron chi connectivity index (χ1n) is 13.9. The van der Waals surface area contributed by atoms with Crippen LogP contribution in [0.1, 0.15) is 71.7 Å². The number of aliphatic carboxylic acids is 1. The molecule has 1 N–H and O–H groups in total. The third-order valence-electron chi connectivity index (χ3n) is 7.31. The predicted octanol–water partition coefficient (Wildman–Crippen LogP) is 5.69. The van der Waals surface area contributed by atoms with Crippen molar-refractivity contribution in [3.05, 3.63) is 81.9 Å². The second kappa shape index (κ2) is 11.2. The normalized spacial score (nSPS) is 13.9. The number of benzene rings is 2. The van der Waals surface area contributed by atoms with Crippen LogP contribution in [0.2, 0.25) is 0 Å². The van der Waals surface area contributed by atoms with Crippen molar-refractivity contribution < 1.29 is 28.6 Å². The molecule has 0 radical (unpaired) electrons. The summed E-state index contributed by atoms with van der Waals surface area (Å²) in [6, 6.07) is 12.5. The average molecular weight is 575 g/mol. The fraction of sp³-hybridized carbons (Fsp3) is 0.375. The van der Waals surface area contributed by atoms with Crippen LogP contribution < -0.4 is 4.74 Å². The summed E-state index contributed by atoms with van der Waals surface area (Å²) in [4.78, 5) is 32.4. The van der Waals surface area contributed by atoms with Gasteiger partial charge >= 0.3 is 5.97 Å². The van der Waals surface area contributed by atoms with Crippen molar-refractivity contribution in [1.29, 1.82) is 0 Å². The van der Waals surface area contributed by atoms with E-state index in [1.54, 1.807) is 45.7 Å². The molecule has 0 aliphatic carbocycles. The van der Waals surface area contributed by atoms with E-state index in [-0.39, 0.29) is 22.9 Å². The number of hydrogen-bond acceptors (Lipinski definition) is 6. The maximum absolute atomic E-state index is 15.5. The summed E-state index contributed by atoms with van der Waals surface area (Å²) in [5.41, 5.74) is 3.41. The van der Waals surface area contributed by atoms with E-state index < -0.39 is 23.5 Å². The van der Waals surface area contributed by atoms with Gasteiger partial charge in [0.25, 0.3) is 5.91 Å². The number of aromatic nitrogens is 3. The van der Waals surface area contributed by atoms with Crippen molar-refractivity contribution in [2.45, 2.75) is 65.7 Å². The molecule has 1 amide bonds. The van der Waals surface area contributed by atoms with Gasteiger partial charge in [0.2, 0.25) is 0 Å². The number of hydrogen-bond donors (Lipinski definition) is 1. The van der Waals surface area contributed by atoms with Crippen LogP contribution in [-0.2, 0) is 22.5 Å². The van der Waals surface area contributed by atoms with Crippen molar-refractivity contribution >= 4 is 17.5 Å². The SMILES string of the molecule is Cc1nc2cc(C(=O)N(C)Cc3ccccc3)nn2c(-c2cc(F)c3c(c2C)CCCO3)c1[C@H](OC(C)(C)C)C(=O)O. The number of aryl methyl sites for hydroxylation is 1. The fourth-order valence-electron chi connectivity index (χ4n) is 5.43. The first-order chi connectivity index (χ1) is 19.9. The van der Waals surface area contributed by atoms with Crippen LogP contribution in [0.5, 0.6) is 5.75 Å². The molecule has 1 atom stereocenters. The zero-order chi connectivity index (χ0) is 30.3. The number of carbonyl (C=O) groups excluding carboxylic acids is 1. The smallest absolute Gasteiger partial charge is 0.337 e. The number of amides is 1. The molecule has 0 spiro atoms. The Morgan fingerprint density at radius 1 is 1.19 bits per heavy atom. The van der Waals surface area contributed by atoms with Crippen LogP contribution in [0.4, 0.5) is 4.39 Å². The quantitative estimate of drug-likeness (QED) is 0.302. The first-order valence-corrected chi connectivity index (χ1v) is 13.9. The molecule has 0 bridgehead atoms. The van der Waals surface area contributed by atoms with Gasteiger partial charge in [-0.2, -0.15) is 5.10 Å². The number of carboxylic acids is 1. The number of carbonyl (C=O) groups is 2. The maximum atomic E-state index is 15.5. The minimum absolute atomic E-state index is 0.127. The Bertz CT molecular complexity index is 1680. The van der Waals surface area contributed by atoms with E-state index in [0.717, 1.165) is 23.1 Å². The Labute approximate surface area is 243 Å². The molecule has 1 aliphatic heterocycles. The molecule has 42 heavy (non-hydrogen) atoms. The molecule has 5 rings (SSSR count). The number of carboxylic acid groups (broad SMARTS) is 1. The van der Waals surface area contributed by atoms with Gasteiger partial charge in [0.05, 0.1) is 17.9 Å². The molecule has 2 aromatic carbocycles. The van der Waals surface area contributed by atoms with Gasteiger partial charge in [0.1, 0.15) is 0 Å². The van der Waals surface area contributed by atoms with Crippen LogP contribution in [0.25, 0.3) is 16.9 Å². The molecular weight excluding hydrogens is 539 g/mol. The lowest BCUT2D eigenvalue weighted by molar-refractivity contribution is -0.160. The topological polar surface area (TPSA) is 106 Å². The van der Waals surface area contributed by atoms with E-state index in [4.69, 9.17) is 9.47 Å². The molecule has 0 saturated heterocycles. The van der Waals surface area contributed by atoms with Gasteiger partial charge in [-0.05, 0) is 64.7 Å². The predicted molar refractivity (Wildman–Crippen MR) is 155 cm³/mol. The summed E-state index contributed by atoms with van der Waals surface area (Å²) < 4.78 is 28.7. The molecule has 0 fully saturated rings. The molecule has 2 aromatic heterocycles. The molecule has 4 aromatic rings. The second-order valence-corrected chi connectivity index (χ2v) is 11.6. The minimum atomic E-state index is -1.43. The van der Waals surface area contributed by atoms with E-state index in [0.29, 0.717) is 42.2 Å². The highest BCUT2D eigenvalue weighted by Crippen LogP contribution is 2.41. The van der Waals surface area contributed by atoms with E-state index >= 15 is 4.39 Å². The van der Waals surface area contributed by atoms with Crippen molar-refractivity contribution in [3.63, 3.8) is 0 Å². The average Bonchev–Trinajstić information content (AvgIpc) is 3.36. The lowest BCUT2D eigenvalue weighted by Crippen LogP contribution is -2.29. The highest BCUT2D eigenvalue weighted by molar-refractivity contribution is 5.93. The van der Waals surface area contributed by atoms with Crippen LogP contribution in [-0.4, -0.2) is 55.7 Å². The molecule has 9 nitrogen and oxygen atoms in total. The zero-order valence-electron chi connectivity index (χ0n) is 24.7. The monoisotopic (exact) mass is 574 g/mol. The van der Waals surface area contributed by atoms with Gasteiger partial charge in [0, 0.05) is 42.0 Å². The summed E-state index contributed by atoms with van der Waals surface area (Å²) in [5, 5.41) is 15.0. The summed E-state index contributed by atoms with van der Waals surface area (Å²) >= 11 is 0. The Morgan fingerprint density at radius 2 is 1.90 bits per heavy atom. The van der Waals surface area contributed by atoms with Crippen LogP contribution in [0.15, 0.2) is 42.5 Å². The highest BCUT2D eigenvalue weighted by Gasteiger charge is 2.35. The van der Waals surface area contributed by atoms with Crippen LogP contribution >= 0.6 is 0 Å². The number of ether oxygens (including phenoxy) is 2. The Morgan fingerprint density at radius 3 is 2.57 bits per heavy atom. The van der Waals surface area contributed by atoms with Gasteiger partial charge < -0.3 is 19.5 Å². The van der Waals surface area contributed by atoms with Crippen molar-refractivity contribution in [2.24, 2.45) is 0 Å². The highest BCUT2D eigenvalue weighted by atomic mass is 19.1. The van der Waals surface area contributed by atoms with E-state index in [2.05, 4.69) is 10.1 Å². The summed E-state index contributed by atoms with van der Waals surface area (Å²) in [6.45, 7) is 9.62. The minimum Gasteiger partial charge on any atom is -0.490 e.